The van der Waals surface area contributed by atoms with E-state index in [1.165, 1.54) is 25.7 Å². The van der Waals surface area contributed by atoms with E-state index in [9.17, 15) is 0 Å². The molecule has 0 aromatic rings. The Morgan fingerprint density at radius 2 is 1.73 bits per heavy atom. The van der Waals surface area contributed by atoms with Crippen LogP contribution in [0, 0.1) is 5.92 Å². The molecule has 0 aromatic heterocycles. The molecule has 0 aromatic carbocycles. The first-order valence-electron chi connectivity index (χ1n) is 4.21. The van der Waals surface area contributed by atoms with Crippen LogP contribution in [0.15, 0.2) is 0 Å². The molecule has 2 bridgehead atoms. The molecule has 1 atom stereocenters. The Morgan fingerprint density at radius 3 is 2.00 bits per heavy atom. The van der Waals surface area contributed by atoms with Gasteiger partial charge in [-0.15, -0.1) is 23.2 Å². The largest absolute Gasteiger partial charge is 0.372 e. The van der Waals surface area contributed by atoms with E-state index >= 15 is 0 Å². The van der Waals surface area contributed by atoms with E-state index in [2.05, 4.69) is 0 Å². The second-order valence-electron chi connectivity index (χ2n) is 3.47. The zero-order valence-corrected chi connectivity index (χ0v) is 7.81. The van der Waals surface area contributed by atoms with Gasteiger partial charge in [0.2, 0.25) is 0 Å². The smallest absolute Gasteiger partial charge is 0.134 e. The van der Waals surface area contributed by atoms with Gasteiger partial charge >= 0.3 is 0 Å². The fourth-order valence-electron chi connectivity index (χ4n) is 2.15. The molecule has 0 radical (unpaired) electrons. The van der Waals surface area contributed by atoms with Crippen LogP contribution in [0.1, 0.15) is 25.7 Å². The maximum absolute atomic E-state index is 5.79. The first-order valence-corrected chi connectivity index (χ1v) is 5.08. The number of fused-ring (bicyclic) bond motifs is 3. The molecule has 11 heavy (non-hydrogen) atoms. The summed E-state index contributed by atoms with van der Waals surface area (Å²) in [6.45, 7) is 0. The molecular formula is C8H12Cl2O. The van der Waals surface area contributed by atoms with Crippen LogP contribution in [-0.2, 0) is 4.74 Å². The van der Waals surface area contributed by atoms with Crippen molar-refractivity contribution >= 4 is 23.2 Å². The van der Waals surface area contributed by atoms with Gasteiger partial charge < -0.3 is 4.74 Å². The predicted octanol–water partition coefficient (Wildman–Crippen LogP) is 2.75. The lowest BCUT2D eigenvalue weighted by atomic mass is 9.81. The highest BCUT2D eigenvalue weighted by Gasteiger charge is 2.39. The summed E-state index contributed by atoms with van der Waals surface area (Å²) in [5.74, 6) is 0.625. The molecular weight excluding hydrogens is 183 g/mol. The Balaban J connectivity index is 2.03. The van der Waals surface area contributed by atoms with Gasteiger partial charge in [0, 0.05) is 0 Å². The second kappa shape index (κ2) is 3.12. The van der Waals surface area contributed by atoms with Crippen LogP contribution in [0.4, 0.5) is 0 Å². The maximum atomic E-state index is 5.79. The second-order valence-corrected chi connectivity index (χ2v) is 4.64. The van der Waals surface area contributed by atoms with Crippen molar-refractivity contribution in [3.8, 4) is 0 Å². The van der Waals surface area contributed by atoms with Crippen LogP contribution in [0.25, 0.3) is 0 Å². The fourth-order valence-corrected chi connectivity index (χ4v) is 2.68. The topological polar surface area (TPSA) is 9.23 Å². The number of rotatable bonds is 1. The first-order chi connectivity index (χ1) is 5.27. The van der Waals surface area contributed by atoms with Crippen LogP contribution in [-0.4, -0.2) is 17.0 Å². The molecule has 0 amide bonds. The van der Waals surface area contributed by atoms with E-state index in [0.29, 0.717) is 12.0 Å². The maximum Gasteiger partial charge on any atom is 0.134 e. The molecule has 1 saturated carbocycles. The Hall–Kier alpha value is 0.540. The normalized spacial score (nSPS) is 43.4. The zero-order chi connectivity index (χ0) is 7.84. The van der Waals surface area contributed by atoms with Gasteiger partial charge in [-0.05, 0) is 31.6 Å². The number of hydrogen-bond donors (Lipinski definition) is 0. The lowest BCUT2D eigenvalue weighted by Gasteiger charge is -2.43. The molecule has 0 spiro atoms. The van der Waals surface area contributed by atoms with Crippen molar-refractivity contribution < 1.29 is 4.74 Å². The van der Waals surface area contributed by atoms with Crippen LogP contribution in [0.5, 0.6) is 0 Å². The third-order valence-electron chi connectivity index (χ3n) is 2.78. The number of halogens is 2. The van der Waals surface area contributed by atoms with Crippen molar-refractivity contribution in [3.63, 3.8) is 0 Å². The Bertz CT molecular complexity index is 141. The van der Waals surface area contributed by atoms with Gasteiger partial charge in [0.15, 0.2) is 0 Å². The van der Waals surface area contributed by atoms with E-state index in [0.717, 1.165) is 0 Å². The van der Waals surface area contributed by atoms with Crippen molar-refractivity contribution in [1.29, 1.82) is 0 Å². The summed E-state index contributed by atoms with van der Waals surface area (Å²) >= 11 is 11.6. The molecule has 3 heteroatoms. The third kappa shape index (κ3) is 1.51. The summed E-state index contributed by atoms with van der Waals surface area (Å²) in [6, 6.07) is 0. The van der Waals surface area contributed by atoms with Gasteiger partial charge in [-0.1, -0.05) is 0 Å². The summed E-state index contributed by atoms with van der Waals surface area (Å²) in [7, 11) is 0. The average Bonchev–Trinajstić information content (AvgIpc) is 2.06. The molecule has 2 aliphatic heterocycles. The van der Waals surface area contributed by atoms with Crippen molar-refractivity contribution in [3.05, 3.63) is 0 Å². The van der Waals surface area contributed by atoms with Gasteiger partial charge in [0.05, 0.1) is 12.2 Å². The van der Waals surface area contributed by atoms with E-state index in [-0.39, 0.29) is 10.9 Å². The van der Waals surface area contributed by atoms with Crippen molar-refractivity contribution in [2.75, 3.05) is 0 Å². The van der Waals surface area contributed by atoms with E-state index in [4.69, 9.17) is 27.9 Å². The van der Waals surface area contributed by atoms with Gasteiger partial charge in [0.1, 0.15) is 4.84 Å². The molecule has 1 nitrogen and oxygen atoms in total. The minimum Gasteiger partial charge on any atom is -0.372 e. The molecule has 2 heterocycles. The van der Waals surface area contributed by atoms with Crippen molar-refractivity contribution in [2.24, 2.45) is 5.92 Å². The minimum atomic E-state index is -0.330. The SMILES string of the molecule is ClC(Cl)C1OC2CCC1CC2. The summed E-state index contributed by atoms with van der Waals surface area (Å²) in [5, 5.41) is 0. The number of alkyl halides is 2. The first kappa shape index (κ1) is 8.15. The molecule has 3 rings (SSSR count). The average molecular weight is 195 g/mol. The molecule has 2 saturated heterocycles. The standard InChI is InChI=1S/C8H12Cl2O/c9-8(10)7-5-1-3-6(11-7)4-2-5/h5-8H,1-4H2. The van der Waals surface area contributed by atoms with Crippen LogP contribution in [0.2, 0.25) is 0 Å². The summed E-state index contributed by atoms with van der Waals surface area (Å²) in [6.07, 6.45) is 5.50. The fraction of sp³-hybridized carbons (Fsp3) is 1.00. The van der Waals surface area contributed by atoms with E-state index < -0.39 is 0 Å². The summed E-state index contributed by atoms with van der Waals surface area (Å²) in [5.41, 5.74) is 0. The highest BCUT2D eigenvalue weighted by molar-refractivity contribution is 6.44. The Morgan fingerprint density at radius 1 is 1.09 bits per heavy atom. The predicted molar refractivity (Wildman–Crippen MR) is 46.1 cm³/mol. The quantitative estimate of drug-likeness (QED) is 0.584. The monoisotopic (exact) mass is 194 g/mol. The Labute approximate surface area is 77.0 Å². The van der Waals surface area contributed by atoms with Crippen LogP contribution < -0.4 is 0 Å². The van der Waals surface area contributed by atoms with E-state index in [1.807, 2.05) is 0 Å². The van der Waals surface area contributed by atoms with Gasteiger partial charge in [-0.2, -0.15) is 0 Å². The highest BCUT2D eigenvalue weighted by Crippen LogP contribution is 2.40. The third-order valence-corrected chi connectivity index (χ3v) is 3.28. The summed E-state index contributed by atoms with van der Waals surface area (Å²) in [4.78, 5) is -0.330. The summed E-state index contributed by atoms with van der Waals surface area (Å²) < 4.78 is 5.68. The molecule has 1 unspecified atom stereocenters. The molecule has 64 valence electrons. The van der Waals surface area contributed by atoms with Crippen molar-refractivity contribution in [2.45, 2.75) is 42.7 Å². The van der Waals surface area contributed by atoms with E-state index in [1.54, 1.807) is 0 Å². The number of hydrogen-bond acceptors (Lipinski definition) is 1. The van der Waals surface area contributed by atoms with Gasteiger partial charge in [-0.3, -0.25) is 0 Å². The number of ether oxygens (including phenoxy) is 1. The molecule has 0 N–H and O–H groups in total. The van der Waals surface area contributed by atoms with Crippen LogP contribution >= 0.6 is 23.2 Å². The zero-order valence-electron chi connectivity index (χ0n) is 6.30. The minimum absolute atomic E-state index is 0.117. The van der Waals surface area contributed by atoms with Gasteiger partial charge in [-0.25, -0.2) is 0 Å². The Kier molecular flexibility index (Phi) is 2.31. The van der Waals surface area contributed by atoms with Gasteiger partial charge in [0.25, 0.3) is 0 Å². The lowest BCUT2D eigenvalue weighted by molar-refractivity contribution is -0.117. The van der Waals surface area contributed by atoms with Crippen molar-refractivity contribution in [1.82, 2.24) is 0 Å². The lowest BCUT2D eigenvalue weighted by Crippen LogP contribution is -2.44. The molecule has 3 aliphatic rings. The highest BCUT2D eigenvalue weighted by atomic mass is 35.5. The van der Waals surface area contributed by atoms with Crippen LogP contribution in [0.3, 0.4) is 0 Å². The molecule has 3 fully saturated rings. The molecule has 1 aliphatic carbocycles.